The molecular weight excluding hydrogens is 336 g/mol. The Kier molecular flexibility index (Phi) is 5.64. The maximum Gasteiger partial charge on any atom is 0.246 e. The number of piperazine rings is 1. The fraction of sp³-hybridized carbons (Fsp3) is 0.391. The van der Waals surface area contributed by atoms with Crippen molar-refractivity contribution in [3.63, 3.8) is 0 Å². The van der Waals surface area contributed by atoms with Crippen molar-refractivity contribution < 1.29 is 9.59 Å². The molecule has 1 atom stereocenters. The van der Waals surface area contributed by atoms with Gasteiger partial charge in [0.2, 0.25) is 11.8 Å². The van der Waals surface area contributed by atoms with Gasteiger partial charge in [0, 0.05) is 31.5 Å². The highest BCUT2D eigenvalue weighted by atomic mass is 16.2. The summed E-state index contributed by atoms with van der Waals surface area (Å²) in [5, 5.41) is 0. The molecule has 1 aliphatic heterocycles. The summed E-state index contributed by atoms with van der Waals surface area (Å²) in [4.78, 5) is 30.0. The third kappa shape index (κ3) is 4.57. The molecule has 4 nitrogen and oxygen atoms in total. The van der Waals surface area contributed by atoms with Gasteiger partial charge in [-0.1, -0.05) is 81.4 Å². The Morgan fingerprint density at radius 1 is 0.926 bits per heavy atom. The van der Waals surface area contributed by atoms with Gasteiger partial charge in [0.05, 0.1) is 0 Å². The van der Waals surface area contributed by atoms with E-state index in [0.29, 0.717) is 26.1 Å². The quantitative estimate of drug-likeness (QED) is 0.833. The van der Waals surface area contributed by atoms with Crippen LogP contribution in [-0.4, -0.2) is 40.7 Å². The van der Waals surface area contributed by atoms with Gasteiger partial charge in [0.25, 0.3) is 0 Å². The van der Waals surface area contributed by atoms with E-state index < -0.39 is 11.5 Å². The number of carbonyl (C=O) groups is 2. The van der Waals surface area contributed by atoms with Gasteiger partial charge >= 0.3 is 0 Å². The number of carbonyl (C=O) groups excluding carboxylic acids is 2. The third-order valence-electron chi connectivity index (χ3n) is 4.97. The molecule has 1 aliphatic rings. The first-order chi connectivity index (χ1) is 12.9. The molecule has 2 amide bonds. The number of nitrogens with zero attached hydrogens (tertiary/aromatic N) is 2. The lowest BCUT2D eigenvalue weighted by atomic mass is 9.91. The fourth-order valence-electron chi connectivity index (χ4n) is 3.51. The van der Waals surface area contributed by atoms with Gasteiger partial charge in [-0.2, -0.15) is 0 Å². The van der Waals surface area contributed by atoms with Crippen LogP contribution in [0.1, 0.15) is 31.9 Å². The predicted octanol–water partition coefficient (Wildman–Crippen LogP) is 3.51. The summed E-state index contributed by atoms with van der Waals surface area (Å²) in [5.74, 6) is 0.0719. The molecule has 3 rings (SSSR count). The van der Waals surface area contributed by atoms with Crippen LogP contribution in [0.25, 0.3) is 0 Å². The minimum atomic E-state index is -0.503. The smallest absolute Gasteiger partial charge is 0.246 e. The first-order valence-electron chi connectivity index (χ1n) is 9.54. The molecule has 1 heterocycles. The first kappa shape index (κ1) is 19.2. The van der Waals surface area contributed by atoms with Crippen LogP contribution < -0.4 is 0 Å². The van der Waals surface area contributed by atoms with Crippen LogP contribution in [0.4, 0.5) is 0 Å². The predicted molar refractivity (Wildman–Crippen MR) is 107 cm³/mol. The van der Waals surface area contributed by atoms with Crippen LogP contribution in [0.2, 0.25) is 0 Å². The molecule has 0 saturated carbocycles. The van der Waals surface area contributed by atoms with Gasteiger partial charge in [0.15, 0.2) is 0 Å². The zero-order valence-electron chi connectivity index (χ0n) is 16.4. The van der Waals surface area contributed by atoms with E-state index in [1.807, 2.05) is 86.3 Å². The van der Waals surface area contributed by atoms with Crippen molar-refractivity contribution in [2.45, 2.75) is 39.8 Å². The first-order valence-corrected chi connectivity index (χ1v) is 9.54. The summed E-state index contributed by atoms with van der Waals surface area (Å²) in [6, 6.07) is 19.5. The Hall–Kier alpha value is -2.62. The van der Waals surface area contributed by atoms with E-state index >= 15 is 0 Å². The molecule has 0 aliphatic carbocycles. The highest BCUT2D eigenvalue weighted by Crippen LogP contribution is 2.25. The number of hydrogen-bond donors (Lipinski definition) is 0. The zero-order chi connectivity index (χ0) is 19.4. The Bertz CT molecular complexity index is 781. The van der Waals surface area contributed by atoms with E-state index in [2.05, 4.69) is 0 Å². The number of rotatable bonds is 4. The molecule has 2 aromatic carbocycles. The van der Waals surface area contributed by atoms with Crippen molar-refractivity contribution in [1.29, 1.82) is 0 Å². The summed E-state index contributed by atoms with van der Waals surface area (Å²) in [6.07, 6.45) is 0.548. The van der Waals surface area contributed by atoms with Crippen molar-refractivity contribution in [1.82, 2.24) is 9.80 Å². The molecule has 0 unspecified atom stereocenters. The molecule has 1 saturated heterocycles. The van der Waals surface area contributed by atoms with Crippen molar-refractivity contribution in [3.05, 3.63) is 71.8 Å². The van der Waals surface area contributed by atoms with Gasteiger partial charge in [-0.05, 0) is 11.1 Å². The summed E-state index contributed by atoms with van der Waals surface area (Å²) in [7, 11) is 0. The van der Waals surface area contributed by atoms with E-state index in [4.69, 9.17) is 0 Å². The molecule has 0 N–H and O–H groups in total. The van der Waals surface area contributed by atoms with Gasteiger partial charge in [-0.3, -0.25) is 9.59 Å². The molecular formula is C23H28N2O2. The fourth-order valence-corrected chi connectivity index (χ4v) is 3.51. The van der Waals surface area contributed by atoms with Crippen LogP contribution in [0.15, 0.2) is 60.7 Å². The standard InChI is InChI=1S/C23H28N2O2/c1-23(2,3)22(27)25-15-14-24(17-19-12-8-5-9-13-19)21(26)20(25)16-18-10-6-4-7-11-18/h4-13,20H,14-17H2,1-3H3/t20-/m1/s1. The number of amides is 2. The topological polar surface area (TPSA) is 40.6 Å². The van der Waals surface area contributed by atoms with Gasteiger partial charge < -0.3 is 9.80 Å². The maximum absolute atomic E-state index is 13.3. The Morgan fingerprint density at radius 2 is 1.48 bits per heavy atom. The largest absolute Gasteiger partial charge is 0.335 e. The second kappa shape index (κ2) is 7.95. The number of benzene rings is 2. The lowest BCUT2D eigenvalue weighted by Gasteiger charge is -2.43. The van der Waals surface area contributed by atoms with E-state index in [0.717, 1.165) is 11.1 Å². The second-order valence-corrected chi connectivity index (χ2v) is 8.20. The Balaban J connectivity index is 1.84. The molecule has 27 heavy (non-hydrogen) atoms. The zero-order valence-corrected chi connectivity index (χ0v) is 16.4. The molecule has 142 valence electrons. The highest BCUT2D eigenvalue weighted by Gasteiger charge is 2.40. The second-order valence-electron chi connectivity index (χ2n) is 8.20. The summed E-state index contributed by atoms with van der Waals surface area (Å²) in [5.41, 5.74) is 1.68. The van der Waals surface area contributed by atoms with Crippen molar-refractivity contribution in [3.8, 4) is 0 Å². The molecule has 0 aromatic heterocycles. The lowest BCUT2D eigenvalue weighted by Crippen LogP contribution is -2.61. The van der Waals surface area contributed by atoms with Crippen molar-refractivity contribution >= 4 is 11.8 Å². The molecule has 2 aromatic rings. The molecule has 4 heteroatoms. The van der Waals surface area contributed by atoms with E-state index in [9.17, 15) is 9.59 Å². The maximum atomic E-state index is 13.3. The van der Waals surface area contributed by atoms with Crippen LogP contribution in [0, 0.1) is 5.41 Å². The monoisotopic (exact) mass is 364 g/mol. The Labute approximate surface area is 161 Å². The van der Waals surface area contributed by atoms with Gasteiger partial charge in [-0.15, -0.1) is 0 Å². The van der Waals surface area contributed by atoms with Crippen LogP contribution >= 0.6 is 0 Å². The van der Waals surface area contributed by atoms with E-state index in [1.54, 1.807) is 4.90 Å². The third-order valence-corrected chi connectivity index (χ3v) is 4.97. The van der Waals surface area contributed by atoms with Gasteiger partial charge in [0.1, 0.15) is 6.04 Å². The van der Waals surface area contributed by atoms with Crippen LogP contribution in [0.3, 0.4) is 0 Å². The highest BCUT2D eigenvalue weighted by molar-refractivity contribution is 5.91. The summed E-state index contributed by atoms with van der Waals surface area (Å²) >= 11 is 0. The number of hydrogen-bond acceptors (Lipinski definition) is 2. The van der Waals surface area contributed by atoms with Crippen LogP contribution in [-0.2, 0) is 22.6 Å². The molecule has 1 fully saturated rings. The average molecular weight is 364 g/mol. The van der Waals surface area contributed by atoms with Crippen molar-refractivity contribution in [2.24, 2.45) is 5.41 Å². The minimum Gasteiger partial charge on any atom is -0.335 e. The lowest BCUT2D eigenvalue weighted by molar-refractivity contribution is -0.156. The average Bonchev–Trinajstić information content (AvgIpc) is 2.65. The molecule has 0 radical (unpaired) electrons. The normalized spacial score (nSPS) is 17.9. The minimum absolute atomic E-state index is 0.0338. The molecule has 0 bridgehead atoms. The van der Waals surface area contributed by atoms with Gasteiger partial charge in [-0.25, -0.2) is 0 Å². The summed E-state index contributed by atoms with van der Waals surface area (Å²) in [6.45, 7) is 7.47. The Morgan fingerprint density at radius 3 is 2.04 bits per heavy atom. The van der Waals surface area contributed by atoms with Crippen LogP contribution in [0.5, 0.6) is 0 Å². The van der Waals surface area contributed by atoms with E-state index in [1.165, 1.54) is 0 Å². The SMILES string of the molecule is CC(C)(C)C(=O)N1CCN(Cc2ccccc2)C(=O)[C@H]1Cc1ccccc1. The summed E-state index contributed by atoms with van der Waals surface area (Å²) < 4.78 is 0. The van der Waals surface area contributed by atoms with Crippen molar-refractivity contribution in [2.75, 3.05) is 13.1 Å². The molecule has 0 spiro atoms. The van der Waals surface area contributed by atoms with E-state index in [-0.39, 0.29) is 11.8 Å².